The second-order valence-corrected chi connectivity index (χ2v) is 5.34. The quantitative estimate of drug-likeness (QED) is 0.810. The molecule has 14 heavy (non-hydrogen) atoms. The van der Waals surface area contributed by atoms with Crippen LogP contribution in [-0.2, 0) is 6.42 Å². The Labute approximate surface area is 90.3 Å². The molecule has 2 atom stereocenters. The maximum atomic E-state index is 5.78. The van der Waals surface area contributed by atoms with Gasteiger partial charge in [-0.25, -0.2) is 0 Å². The van der Waals surface area contributed by atoms with Gasteiger partial charge in [-0.2, -0.15) is 0 Å². The molecule has 0 aliphatic heterocycles. The highest BCUT2D eigenvalue weighted by Crippen LogP contribution is 2.34. The second-order valence-electron chi connectivity index (χ2n) is 4.30. The van der Waals surface area contributed by atoms with Crippen LogP contribution in [0.5, 0.6) is 0 Å². The Hall–Kier alpha value is -0.340. The van der Waals surface area contributed by atoms with Crippen molar-refractivity contribution in [3.63, 3.8) is 0 Å². The number of thiophene rings is 1. The molecule has 1 aromatic heterocycles. The highest BCUT2D eigenvalue weighted by atomic mass is 32.1. The summed E-state index contributed by atoms with van der Waals surface area (Å²) in [4.78, 5) is 1.53. The summed E-state index contributed by atoms with van der Waals surface area (Å²) >= 11 is 1.88. The summed E-state index contributed by atoms with van der Waals surface area (Å²) in [6, 6.07) is 4.39. The first-order valence-electron chi connectivity index (χ1n) is 5.62. The van der Waals surface area contributed by atoms with E-state index in [1.807, 2.05) is 11.3 Å². The highest BCUT2D eigenvalue weighted by molar-refractivity contribution is 7.09. The molecule has 1 aliphatic rings. The van der Waals surface area contributed by atoms with Crippen molar-refractivity contribution < 1.29 is 0 Å². The van der Waals surface area contributed by atoms with Gasteiger partial charge in [0, 0.05) is 4.88 Å². The largest absolute Gasteiger partial charge is 0.330 e. The first-order valence-corrected chi connectivity index (χ1v) is 6.50. The second kappa shape index (κ2) is 4.94. The molecular formula is C12H19NS. The van der Waals surface area contributed by atoms with Crippen molar-refractivity contribution >= 4 is 11.3 Å². The van der Waals surface area contributed by atoms with Crippen LogP contribution in [0.3, 0.4) is 0 Å². The fourth-order valence-electron chi connectivity index (χ4n) is 2.59. The fraction of sp³-hybridized carbons (Fsp3) is 0.667. The average Bonchev–Trinajstić information content (AvgIpc) is 2.85. The molecule has 0 saturated heterocycles. The van der Waals surface area contributed by atoms with Crippen molar-refractivity contribution in [1.29, 1.82) is 0 Å². The maximum Gasteiger partial charge on any atom is 0.00453 e. The van der Waals surface area contributed by atoms with Gasteiger partial charge in [0.05, 0.1) is 0 Å². The first-order chi connectivity index (χ1) is 6.90. The molecule has 2 heteroatoms. The van der Waals surface area contributed by atoms with Gasteiger partial charge < -0.3 is 5.73 Å². The van der Waals surface area contributed by atoms with Crippen molar-refractivity contribution in [1.82, 2.24) is 0 Å². The van der Waals surface area contributed by atoms with Gasteiger partial charge in [-0.15, -0.1) is 11.3 Å². The summed E-state index contributed by atoms with van der Waals surface area (Å²) in [6.45, 7) is 0.898. The van der Waals surface area contributed by atoms with Gasteiger partial charge in [-0.3, -0.25) is 0 Å². The summed E-state index contributed by atoms with van der Waals surface area (Å²) in [7, 11) is 0. The average molecular weight is 209 g/mol. The smallest absolute Gasteiger partial charge is 0.00453 e. The summed E-state index contributed by atoms with van der Waals surface area (Å²) < 4.78 is 0. The topological polar surface area (TPSA) is 26.0 Å². The molecule has 2 N–H and O–H groups in total. The molecule has 78 valence electrons. The van der Waals surface area contributed by atoms with Crippen LogP contribution in [0, 0.1) is 11.8 Å². The van der Waals surface area contributed by atoms with Gasteiger partial charge in [0.15, 0.2) is 0 Å². The molecule has 0 amide bonds. The molecule has 0 bridgehead atoms. The van der Waals surface area contributed by atoms with Crippen molar-refractivity contribution in [2.24, 2.45) is 17.6 Å². The van der Waals surface area contributed by atoms with Crippen LogP contribution in [0.25, 0.3) is 0 Å². The molecule has 1 fully saturated rings. The fourth-order valence-corrected chi connectivity index (χ4v) is 3.31. The molecule has 2 unspecified atom stereocenters. The molecule has 1 heterocycles. The Morgan fingerprint density at radius 1 is 1.36 bits per heavy atom. The number of nitrogens with two attached hydrogens (primary N) is 1. The van der Waals surface area contributed by atoms with E-state index in [4.69, 9.17) is 5.73 Å². The molecule has 0 radical (unpaired) electrons. The third-order valence-corrected chi connectivity index (χ3v) is 4.40. The number of hydrogen-bond acceptors (Lipinski definition) is 2. The normalized spacial score (nSPS) is 26.9. The van der Waals surface area contributed by atoms with Gasteiger partial charge in [0.2, 0.25) is 0 Å². The molecular weight excluding hydrogens is 190 g/mol. The van der Waals surface area contributed by atoms with Gasteiger partial charge in [0.1, 0.15) is 0 Å². The predicted octanol–water partition coefficient (Wildman–Crippen LogP) is 3.06. The van der Waals surface area contributed by atoms with E-state index >= 15 is 0 Å². The van der Waals surface area contributed by atoms with E-state index in [-0.39, 0.29) is 0 Å². The van der Waals surface area contributed by atoms with Crippen LogP contribution in [-0.4, -0.2) is 6.54 Å². The van der Waals surface area contributed by atoms with E-state index in [2.05, 4.69) is 17.5 Å². The zero-order valence-electron chi connectivity index (χ0n) is 8.61. The lowest BCUT2D eigenvalue weighted by molar-refractivity contribution is 0.373. The summed E-state index contributed by atoms with van der Waals surface area (Å²) in [6.07, 6.45) is 6.79. The van der Waals surface area contributed by atoms with E-state index < -0.39 is 0 Å². The van der Waals surface area contributed by atoms with Crippen LogP contribution >= 0.6 is 11.3 Å². The Balaban J connectivity index is 1.80. The maximum absolute atomic E-state index is 5.78. The lowest BCUT2D eigenvalue weighted by Crippen LogP contribution is -2.18. The molecule has 1 nitrogen and oxygen atoms in total. The van der Waals surface area contributed by atoms with Crippen LogP contribution < -0.4 is 5.73 Å². The Kier molecular flexibility index (Phi) is 3.60. The Morgan fingerprint density at radius 3 is 2.93 bits per heavy atom. The van der Waals surface area contributed by atoms with Gasteiger partial charge in [-0.1, -0.05) is 18.9 Å². The predicted molar refractivity (Wildman–Crippen MR) is 62.5 cm³/mol. The zero-order chi connectivity index (χ0) is 9.80. The number of rotatable bonds is 4. The first kappa shape index (κ1) is 10.2. The number of aryl methyl sites for hydroxylation is 1. The third-order valence-electron chi connectivity index (χ3n) is 3.46. The van der Waals surface area contributed by atoms with Crippen molar-refractivity contribution in [3.05, 3.63) is 22.4 Å². The van der Waals surface area contributed by atoms with Gasteiger partial charge in [-0.05, 0) is 49.1 Å². The standard InChI is InChI=1S/C12H19NS/c13-9-11-4-1-3-10(11)6-7-12-5-2-8-14-12/h2,5,8,10-11H,1,3-4,6-7,9,13H2. The summed E-state index contributed by atoms with van der Waals surface area (Å²) in [5.74, 6) is 1.72. The molecule has 1 aliphatic carbocycles. The minimum Gasteiger partial charge on any atom is -0.330 e. The SMILES string of the molecule is NCC1CCCC1CCc1cccs1. The van der Waals surface area contributed by atoms with Crippen LogP contribution in [0.15, 0.2) is 17.5 Å². The minimum atomic E-state index is 0.815. The molecule has 1 aromatic rings. The Morgan fingerprint density at radius 2 is 2.21 bits per heavy atom. The zero-order valence-corrected chi connectivity index (χ0v) is 9.43. The highest BCUT2D eigenvalue weighted by Gasteiger charge is 2.25. The van der Waals surface area contributed by atoms with E-state index in [1.165, 1.54) is 37.0 Å². The summed E-state index contributed by atoms with van der Waals surface area (Å²) in [5.41, 5.74) is 5.78. The van der Waals surface area contributed by atoms with E-state index in [1.54, 1.807) is 0 Å². The molecule has 0 spiro atoms. The van der Waals surface area contributed by atoms with Crippen LogP contribution in [0.4, 0.5) is 0 Å². The minimum absolute atomic E-state index is 0.815. The molecule has 2 rings (SSSR count). The molecule has 1 saturated carbocycles. The van der Waals surface area contributed by atoms with Crippen molar-refractivity contribution in [3.8, 4) is 0 Å². The monoisotopic (exact) mass is 209 g/mol. The Bertz CT molecular complexity index is 255. The number of hydrogen-bond donors (Lipinski definition) is 1. The van der Waals surface area contributed by atoms with E-state index in [0.717, 1.165) is 18.4 Å². The van der Waals surface area contributed by atoms with E-state index in [0.29, 0.717) is 0 Å². The summed E-state index contributed by atoms with van der Waals surface area (Å²) in [5, 5.41) is 2.17. The van der Waals surface area contributed by atoms with Crippen LogP contribution in [0.2, 0.25) is 0 Å². The van der Waals surface area contributed by atoms with Gasteiger partial charge >= 0.3 is 0 Å². The van der Waals surface area contributed by atoms with Gasteiger partial charge in [0.25, 0.3) is 0 Å². The van der Waals surface area contributed by atoms with Crippen molar-refractivity contribution in [2.45, 2.75) is 32.1 Å². The molecule has 0 aromatic carbocycles. The lowest BCUT2D eigenvalue weighted by atomic mass is 9.91. The van der Waals surface area contributed by atoms with Crippen molar-refractivity contribution in [2.75, 3.05) is 6.54 Å². The third kappa shape index (κ3) is 2.37. The lowest BCUT2D eigenvalue weighted by Gasteiger charge is -2.16. The van der Waals surface area contributed by atoms with Crippen LogP contribution in [0.1, 0.15) is 30.6 Å². The van der Waals surface area contributed by atoms with E-state index in [9.17, 15) is 0 Å².